The molecule has 20 heavy (non-hydrogen) atoms. The maximum absolute atomic E-state index is 12.5. The fourth-order valence-electron chi connectivity index (χ4n) is 2.29. The smallest absolute Gasteiger partial charge is 0.212 e. The minimum atomic E-state index is -0.0879. The topological polar surface area (TPSA) is 42.9 Å². The number of pyridine rings is 2. The molecule has 3 nitrogen and oxygen atoms in total. The number of ketones is 1. The van der Waals surface area contributed by atoms with Gasteiger partial charge >= 0.3 is 0 Å². The molecule has 0 atom stereocenters. The van der Waals surface area contributed by atoms with Crippen molar-refractivity contribution in [1.82, 2.24) is 9.97 Å². The zero-order valence-corrected chi connectivity index (χ0v) is 11.4. The molecular weight excluding hydrogens is 248 g/mol. The number of carbonyl (C=O) groups excluding carboxylic acids is 1. The average molecular weight is 262 g/mol. The van der Waals surface area contributed by atoms with E-state index in [2.05, 4.69) is 9.97 Å². The van der Waals surface area contributed by atoms with Gasteiger partial charge in [-0.3, -0.25) is 9.78 Å². The van der Waals surface area contributed by atoms with Crippen molar-refractivity contribution in [3.63, 3.8) is 0 Å². The lowest BCUT2D eigenvalue weighted by atomic mass is 10.0. The standard InChI is InChI=1S/C17H14N2O/c1-11-7-13(10-18-9-11)17(20)16-8-12(2)14-5-3-4-6-15(14)19-16/h3-10H,1-2H3. The van der Waals surface area contributed by atoms with Gasteiger partial charge in [0.05, 0.1) is 5.52 Å². The maximum Gasteiger partial charge on any atom is 0.212 e. The van der Waals surface area contributed by atoms with Crippen LogP contribution in [0.3, 0.4) is 0 Å². The van der Waals surface area contributed by atoms with Crippen LogP contribution in [-0.2, 0) is 0 Å². The van der Waals surface area contributed by atoms with E-state index in [0.29, 0.717) is 11.3 Å². The Morgan fingerprint density at radius 3 is 2.65 bits per heavy atom. The van der Waals surface area contributed by atoms with Crippen molar-refractivity contribution in [3.8, 4) is 0 Å². The van der Waals surface area contributed by atoms with Crippen molar-refractivity contribution in [2.75, 3.05) is 0 Å². The first kappa shape index (κ1) is 12.5. The highest BCUT2D eigenvalue weighted by Crippen LogP contribution is 2.19. The third-order valence-electron chi connectivity index (χ3n) is 3.29. The Bertz CT molecular complexity index is 809. The van der Waals surface area contributed by atoms with E-state index in [1.54, 1.807) is 12.4 Å². The summed E-state index contributed by atoms with van der Waals surface area (Å²) in [6.45, 7) is 3.91. The molecule has 3 heteroatoms. The zero-order valence-electron chi connectivity index (χ0n) is 11.4. The predicted octanol–water partition coefficient (Wildman–Crippen LogP) is 3.48. The fourth-order valence-corrected chi connectivity index (χ4v) is 2.29. The van der Waals surface area contributed by atoms with Gasteiger partial charge in [-0.15, -0.1) is 0 Å². The number of rotatable bonds is 2. The summed E-state index contributed by atoms with van der Waals surface area (Å²) >= 11 is 0. The number of fused-ring (bicyclic) bond motifs is 1. The van der Waals surface area contributed by atoms with Crippen LogP contribution in [0.2, 0.25) is 0 Å². The van der Waals surface area contributed by atoms with E-state index in [1.165, 1.54) is 0 Å². The third-order valence-corrected chi connectivity index (χ3v) is 3.29. The lowest BCUT2D eigenvalue weighted by Gasteiger charge is -2.06. The van der Waals surface area contributed by atoms with Gasteiger partial charge in [0.1, 0.15) is 5.69 Å². The highest BCUT2D eigenvalue weighted by Gasteiger charge is 2.13. The quantitative estimate of drug-likeness (QED) is 0.664. The minimum Gasteiger partial charge on any atom is -0.287 e. The molecule has 0 spiro atoms. The second-order valence-electron chi connectivity index (χ2n) is 4.92. The summed E-state index contributed by atoms with van der Waals surface area (Å²) in [5.41, 5.74) is 3.91. The van der Waals surface area contributed by atoms with Crippen LogP contribution < -0.4 is 0 Å². The van der Waals surface area contributed by atoms with Crippen molar-refractivity contribution in [1.29, 1.82) is 0 Å². The van der Waals surface area contributed by atoms with E-state index in [4.69, 9.17) is 0 Å². The Labute approximate surface area is 117 Å². The lowest BCUT2D eigenvalue weighted by Crippen LogP contribution is -2.06. The summed E-state index contributed by atoms with van der Waals surface area (Å²) in [5.74, 6) is -0.0879. The van der Waals surface area contributed by atoms with Crippen molar-refractivity contribution in [3.05, 3.63) is 71.2 Å². The number of carbonyl (C=O) groups is 1. The SMILES string of the molecule is Cc1cncc(C(=O)c2cc(C)c3ccccc3n2)c1. The molecule has 0 fully saturated rings. The van der Waals surface area contributed by atoms with Crippen molar-refractivity contribution in [2.24, 2.45) is 0 Å². The summed E-state index contributed by atoms with van der Waals surface area (Å²) in [7, 11) is 0. The van der Waals surface area contributed by atoms with Gasteiger partial charge in [0.2, 0.25) is 5.78 Å². The molecule has 0 aliphatic carbocycles. The van der Waals surface area contributed by atoms with E-state index >= 15 is 0 Å². The summed E-state index contributed by atoms with van der Waals surface area (Å²) in [6, 6.07) is 11.5. The minimum absolute atomic E-state index is 0.0879. The molecule has 98 valence electrons. The Hall–Kier alpha value is -2.55. The number of hydrogen-bond acceptors (Lipinski definition) is 3. The van der Waals surface area contributed by atoms with Crippen LogP contribution in [0.1, 0.15) is 27.2 Å². The van der Waals surface area contributed by atoms with Gasteiger partial charge in [0.15, 0.2) is 0 Å². The van der Waals surface area contributed by atoms with Gasteiger partial charge in [-0.2, -0.15) is 0 Å². The molecular formula is C17H14N2O. The van der Waals surface area contributed by atoms with Crippen LogP contribution in [0.15, 0.2) is 48.8 Å². The van der Waals surface area contributed by atoms with Crippen LogP contribution >= 0.6 is 0 Å². The first-order chi connectivity index (χ1) is 9.65. The van der Waals surface area contributed by atoms with Gasteiger partial charge < -0.3 is 0 Å². The lowest BCUT2D eigenvalue weighted by molar-refractivity contribution is 0.103. The molecule has 0 radical (unpaired) electrons. The van der Waals surface area contributed by atoms with E-state index in [0.717, 1.165) is 22.0 Å². The largest absolute Gasteiger partial charge is 0.287 e. The number of para-hydroxylation sites is 1. The summed E-state index contributed by atoms with van der Waals surface area (Å²) < 4.78 is 0. The normalized spacial score (nSPS) is 10.7. The summed E-state index contributed by atoms with van der Waals surface area (Å²) in [4.78, 5) is 21.0. The molecule has 2 aromatic heterocycles. The van der Waals surface area contributed by atoms with Crippen LogP contribution in [0.5, 0.6) is 0 Å². The van der Waals surface area contributed by atoms with Gasteiger partial charge in [0, 0.05) is 23.3 Å². The van der Waals surface area contributed by atoms with Crippen LogP contribution in [0.25, 0.3) is 10.9 Å². The molecule has 0 amide bonds. The van der Waals surface area contributed by atoms with Crippen molar-refractivity contribution in [2.45, 2.75) is 13.8 Å². The third kappa shape index (κ3) is 2.18. The van der Waals surface area contributed by atoms with Gasteiger partial charge in [-0.25, -0.2) is 4.98 Å². The first-order valence-corrected chi connectivity index (χ1v) is 6.48. The van der Waals surface area contributed by atoms with Crippen LogP contribution in [0.4, 0.5) is 0 Å². The Morgan fingerprint density at radius 1 is 1.05 bits per heavy atom. The Balaban J connectivity index is 2.12. The number of benzene rings is 1. The molecule has 3 rings (SSSR count). The van der Waals surface area contributed by atoms with E-state index < -0.39 is 0 Å². The highest BCUT2D eigenvalue weighted by atomic mass is 16.1. The molecule has 0 saturated heterocycles. The zero-order chi connectivity index (χ0) is 14.1. The maximum atomic E-state index is 12.5. The fraction of sp³-hybridized carbons (Fsp3) is 0.118. The van der Waals surface area contributed by atoms with Crippen LogP contribution in [-0.4, -0.2) is 15.8 Å². The summed E-state index contributed by atoms with van der Waals surface area (Å²) in [6.07, 6.45) is 3.32. The highest BCUT2D eigenvalue weighted by molar-refractivity contribution is 6.08. The Kier molecular flexibility index (Phi) is 3.03. The molecule has 0 unspecified atom stereocenters. The van der Waals surface area contributed by atoms with Crippen LogP contribution in [0, 0.1) is 13.8 Å². The Morgan fingerprint density at radius 2 is 1.85 bits per heavy atom. The van der Waals surface area contributed by atoms with E-state index in [1.807, 2.05) is 50.2 Å². The molecule has 0 aliphatic heterocycles. The molecule has 0 bridgehead atoms. The first-order valence-electron chi connectivity index (χ1n) is 6.48. The van der Waals surface area contributed by atoms with Gasteiger partial charge in [-0.05, 0) is 43.2 Å². The number of nitrogens with zero attached hydrogens (tertiary/aromatic N) is 2. The summed E-state index contributed by atoms with van der Waals surface area (Å²) in [5, 5.41) is 1.08. The second kappa shape index (κ2) is 4.85. The second-order valence-corrected chi connectivity index (χ2v) is 4.92. The van der Waals surface area contributed by atoms with Gasteiger partial charge in [-0.1, -0.05) is 18.2 Å². The van der Waals surface area contributed by atoms with E-state index in [9.17, 15) is 4.79 Å². The molecule has 1 aromatic carbocycles. The van der Waals surface area contributed by atoms with Gasteiger partial charge in [0.25, 0.3) is 0 Å². The van der Waals surface area contributed by atoms with Crippen molar-refractivity contribution < 1.29 is 4.79 Å². The molecule has 3 aromatic rings. The number of hydrogen-bond donors (Lipinski definition) is 0. The number of aryl methyl sites for hydroxylation is 2. The average Bonchev–Trinajstić information content (AvgIpc) is 2.46. The molecule has 2 heterocycles. The molecule has 0 aliphatic rings. The van der Waals surface area contributed by atoms with E-state index in [-0.39, 0.29) is 5.78 Å². The van der Waals surface area contributed by atoms with Crippen molar-refractivity contribution >= 4 is 16.7 Å². The molecule has 0 saturated carbocycles. The number of aromatic nitrogens is 2. The predicted molar refractivity (Wildman–Crippen MR) is 78.9 cm³/mol. The monoisotopic (exact) mass is 262 g/mol. The molecule has 0 N–H and O–H groups in total.